The number of rotatable bonds is 4. The first-order valence-corrected chi connectivity index (χ1v) is 11.1. The van der Waals surface area contributed by atoms with Crippen LogP contribution >= 0.6 is 0 Å². The number of carbonyl (C=O) groups is 1. The van der Waals surface area contributed by atoms with E-state index in [-0.39, 0.29) is 0 Å². The molecule has 4 saturated carbocycles. The van der Waals surface area contributed by atoms with Gasteiger partial charge in [0.2, 0.25) is 0 Å². The van der Waals surface area contributed by atoms with Crippen molar-refractivity contribution in [2.45, 2.75) is 84.7 Å². The number of hydrogen-bond acceptors (Lipinski definition) is 2. The summed E-state index contributed by atoms with van der Waals surface area (Å²) in [5.41, 5.74) is 0.799. The van der Waals surface area contributed by atoms with Gasteiger partial charge >= 0.3 is 0 Å². The Morgan fingerprint density at radius 1 is 1.04 bits per heavy atom. The standard InChI is InChI=1S/C24H38O2/c1-5-14-26-18-10-12-23(3)17(15-18)6-7-19-21-9-8-20(16(2)25)24(21,4)13-11-22(19)23/h5,17-22H,1,6-15H2,2-4H3/t17-,18-,19?,20+,21?,22?,23?,24?/m0/s1. The second-order valence-corrected chi connectivity index (χ2v) is 10.5. The average molecular weight is 359 g/mol. The van der Waals surface area contributed by atoms with Crippen molar-refractivity contribution < 1.29 is 9.53 Å². The maximum Gasteiger partial charge on any atom is 0.133 e. The average Bonchev–Trinajstić information content (AvgIpc) is 2.97. The number of fused-ring (bicyclic) bond motifs is 5. The Labute approximate surface area is 160 Å². The fraction of sp³-hybridized carbons (Fsp3) is 0.875. The molecule has 0 N–H and O–H groups in total. The Morgan fingerprint density at radius 2 is 1.77 bits per heavy atom. The first-order chi connectivity index (χ1) is 12.4. The predicted molar refractivity (Wildman–Crippen MR) is 106 cm³/mol. The van der Waals surface area contributed by atoms with Gasteiger partial charge in [-0.1, -0.05) is 19.9 Å². The van der Waals surface area contributed by atoms with Crippen LogP contribution in [0.25, 0.3) is 0 Å². The summed E-state index contributed by atoms with van der Waals surface area (Å²) in [6.07, 6.45) is 14.0. The third-order valence-electron chi connectivity index (χ3n) is 9.56. The summed E-state index contributed by atoms with van der Waals surface area (Å²) in [6.45, 7) is 11.4. The van der Waals surface area contributed by atoms with Crippen LogP contribution in [0.3, 0.4) is 0 Å². The van der Waals surface area contributed by atoms with Crippen LogP contribution in [0.15, 0.2) is 12.7 Å². The van der Waals surface area contributed by atoms with E-state index in [1.807, 2.05) is 13.0 Å². The van der Waals surface area contributed by atoms with E-state index in [0.29, 0.717) is 35.2 Å². The molecule has 4 rings (SSSR count). The van der Waals surface area contributed by atoms with Crippen molar-refractivity contribution >= 4 is 5.78 Å². The first kappa shape index (κ1) is 18.7. The van der Waals surface area contributed by atoms with Gasteiger partial charge in [0.15, 0.2) is 0 Å². The molecule has 8 atom stereocenters. The van der Waals surface area contributed by atoms with Gasteiger partial charge in [0, 0.05) is 5.92 Å². The number of carbonyl (C=O) groups excluding carboxylic acids is 1. The molecule has 0 aromatic carbocycles. The molecule has 0 bridgehead atoms. The van der Waals surface area contributed by atoms with Gasteiger partial charge in [-0.3, -0.25) is 4.79 Å². The van der Waals surface area contributed by atoms with Crippen molar-refractivity contribution in [1.29, 1.82) is 0 Å². The van der Waals surface area contributed by atoms with E-state index in [4.69, 9.17) is 4.74 Å². The zero-order chi connectivity index (χ0) is 18.5. The molecule has 0 heterocycles. The molecule has 4 fully saturated rings. The van der Waals surface area contributed by atoms with E-state index < -0.39 is 0 Å². The van der Waals surface area contributed by atoms with Gasteiger partial charge in [0.05, 0.1) is 12.7 Å². The summed E-state index contributed by atoms with van der Waals surface area (Å²) in [7, 11) is 0. The molecular weight excluding hydrogens is 320 g/mol. The summed E-state index contributed by atoms with van der Waals surface area (Å²) in [5, 5.41) is 0. The van der Waals surface area contributed by atoms with Crippen LogP contribution in [0.1, 0.15) is 78.6 Å². The minimum absolute atomic E-state index is 0.292. The summed E-state index contributed by atoms with van der Waals surface area (Å²) >= 11 is 0. The Morgan fingerprint density at radius 3 is 2.50 bits per heavy atom. The molecule has 0 aromatic rings. The summed E-state index contributed by atoms with van der Waals surface area (Å²) < 4.78 is 6.03. The topological polar surface area (TPSA) is 26.3 Å². The summed E-state index contributed by atoms with van der Waals surface area (Å²) in [4.78, 5) is 12.3. The lowest BCUT2D eigenvalue weighted by molar-refractivity contribution is -0.141. The van der Waals surface area contributed by atoms with Crippen molar-refractivity contribution in [3.63, 3.8) is 0 Å². The van der Waals surface area contributed by atoms with Gasteiger partial charge in [0.1, 0.15) is 5.78 Å². The minimum atomic E-state index is 0.292. The highest BCUT2D eigenvalue weighted by atomic mass is 16.5. The number of Topliss-reactive ketones (excluding diaryl/α,β-unsaturated/α-hetero) is 1. The van der Waals surface area contributed by atoms with Crippen LogP contribution in [0.5, 0.6) is 0 Å². The van der Waals surface area contributed by atoms with Crippen molar-refractivity contribution in [3.05, 3.63) is 12.7 Å². The fourth-order valence-electron chi connectivity index (χ4n) is 8.24. The van der Waals surface area contributed by atoms with Gasteiger partial charge in [-0.15, -0.1) is 6.58 Å². The van der Waals surface area contributed by atoms with Crippen LogP contribution in [0, 0.1) is 40.4 Å². The number of hydrogen-bond donors (Lipinski definition) is 0. The molecule has 4 aliphatic carbocycles. The van der Waals surface area contributed by atoms with Crippen LogP contribution in [0.2, 0.25) is 0 Å². The molecular formula is C24H38O2. The molecule has 4 aliphatic rings. The lowest BCUT2D eigenvalue weighted by atomic mass is 9.44. The van der Waals surface area contributed by atoms with Crippen molar-refractivity contribution in [2.75, 3.05) is 6.61 Å². The molecule has 0 aromatic heterocycles. The molecule has 0 aliphatic heterocycles. The molecule has 5 unspecified atom stereocenters. The van der Waals surface area contributed by atoms with Crippen molar-refractivity contribution in [2.24, 2.45) is 40.4 Å². The van der Waals surface area contributed by atoms with Gasteiger partial charge in [-0.25, -0.2) is 0 Å². The van der Waals surface area contributed by atoms with Crippen molar-refractivity contribution in [3.8, 4) is 0 Å². The molecule has 2 nitrogen and oxygen atoms in total. The lowest BCUT2D eigenvalue weighted by Crippen LogP contribution is -2.54. The van der Waals surface area contributed by atoms with Crippen LogP contribution in [-0.2, 0) is 9.53 Å². The highest BCUT2D eigenvalue weighted by molar-refractivity contribution is 5.79. The Bertz CT molecular complexity index is 569. The van der Waals surface area contributed by atoms with Crippen molar-refractivity contribution in [1.82, 2.24) is 0 Å². The zero-order valence-electron chi connectivity index (χ0n) is 17.1. The van der Waals surface area contributed by atoms with Gasteiger partial charge in [0.25, 0.3) is 0 Å². The first-order valence-electron chi connectivity index (χ1n) is 11.1. The van der Waals surface area contributed by atoms with Gasteiger partial charge in [-0.2, -0.15) is 0 Å². The smallest absolute Gasteiger partial charge is 0.133 e. The van der Waals surface area contributed by atoms with Crippen LogP contribution in [0.4, 0.5) is 0 Å². The van der Waals surface area contributed by atoms with E-state index in [9.17, 15) is 4.79 Å². The maximum absolute atomic E-state index is 12.3. The predicted octanol–water partition coefficient (Wildman–Crippen LogP) is 5.81. The van der Waals surface area contributed by atoms with E-state index in [1.165, 1.54) is 51.4 Å². The number of ether oxygens (including phenoxy) is 1. The van der Waals surface area contributed by atoms with Crippen LogP contribution < -0.4 is 0 Å². The summed E-state index contributed by atoms with van der Waals surface area (Å²) in [5.74, 6) is 4.16. The van der Waals surface area contributed by atoms with E-state index in [2.05, 4.69) is 20.4 Å². The monoisotopic (exact) mass is 358 g/mol. The Kier molecular flexibility index (Phi) is 4.87. The minimum Gasteiger partial charge on any atom is -0.374 e. The maximum atomic E-state index is 12.3. The molecule has 0 saturated heterocycles. The highest BCUT2D eigenvalue weighted by Gasteiger charge is 2.60. The van der Waals surface area contributed by atoms with Gasteiger partial charge in [-0.05, 0) is 99.2 Å². The van der Waals surface area contributed by atoms with Gasteiger partial charge < -0.3 is 4.74 Å². The third-order valence-corrected chi connectivity index (χ3v) is 9.56. The highest BCUT2D eigenvalue weighted by Crippen LogP contribution is 2.67. The molecule has 0 amide bonds. The zero-order valence-corrected chi connectivity index (χ0v) is 17.1. The Hall–Kier alpha value is -0.630. The largest absolute Gasteiger partial charge is 0.374 e. The second-order valence-electron chi connectivity index (χ2n) is 10.5. The lowest BCUT2D eigenvalue weighted by Gasteiger charge is -2.61. The van der Waals surface area contributed by atoms with Crippen LogP contribution in [-0.4, -0.2) is 18.5 Å². The van der Waals surface area contributed by atoms with E-state index >= 15 is 0 Å². The fourth-order valence-corrected chi connectivity index (χ4v) is 8.24. The Balaban J connectivity index is 1.52. The third kappa shape index (κ3) is 2.74. The SMILES string of the molecule is C=CCO[C@H]1CCC2(C)C3CCC4(C)C(CC[C@@H]4C(C)=O)C3CC[C@H]2C1. The molecule has 0 radical (unpaired) electrons. The summed E-state index contributed by atoms with van der Waals surface area (Å²) in [6, 6.07) is 0. The quantitative estimate of drug-likeness (QED) is 0.593. The molecule has 0 spiro atoms. The molecule has 26 heavy (non-hydrogen) atoms. The number of ketones is 1. The van der Waals surface area contributed by atoms with E-state index in [1.54, 1.807) is 0 Å². The molecule has 2 heteroatoms. The second kappa shape index (κ2) is 6.76. The normalized spacial score (nSPS) is 50.4. The van der Waals surface area contributed by atoms with E-state index in [0.717, 1.165) is 30.1 Å². The molecule has 146 valence electrons.